The lowest BCUT2D eigenvalue weighted by Gasteiger charge is -2.02. The van der Waals surface area contributed by atoms with E-state index in [4.69, 9.17) is 0 Å². The quantitative estimate of drug-likeness (QED) is 0.447. The van der Waals surface area contributed by atoms with Gasteiger partial charge in [-0.3, -0.25) is 4.40 Å². The van der Waals surface area contributed by atoms with Crippen molar-refractivity contribution in [2.45, 2.75) is 10.9 Å². The maximum atomic E-state index is 4.47. The zero-order valence-electron chi connectivity index (χ0n) is 12.8. The molecule has 9 heteroatoms. The monoisotopic (exact) mass is 345 g/mol. The molecule has 3 heterocycles. The van der Waals surface area contributed by atoms with Gasteiger partial charge in [0.2, 0.25) is 10.9 Å². The molecule has 7 nitrogen and oxygen atoms in total. The van der Waals surface area contributed by atoms with Gasteiger partial charge >= 0.3 is 1.43 Å². The number of nitrogens with zero attached hydrogens (tertiary/aromatic N) is 7. The molecule has 3 aromatic heterocycles. The number of fused-ring (bicyclic) bond motifs is 1. The van der Waals surface area contributed by atoms with Crippen molar-refractivity contribution in [2.75, 3.05) is 0 Å². The third-order valence-electron chi connectivity index (χ3n) is 3.08. The Bertz CT molecular complexity index is 879. The summed E-state index contributed by atoms with van der Waals surface area (Å²) in [5, 5.41) is 12.6. The molecule has 0 aliphatic carbocycles. The standard InChI is InChI=1S/C14H11N7S.ClH/c1-2-5-12(6-3-1)21-14(17-18-19-21)22-10-11-9-20-8-4-7-15-13(20)16-11;/h1-9H,10H2;1H. The molecule has 0 N–H and O–H groups in total. The molecule has 4 aromatic rings. The first-order valence-corrected chi connectivity index (χ1v) is 7.64. The molecule has 0 amide bonds. The van der Waals surface area contributed by atoms with E-state index in [9.17, 15) is 0 Å². The second-order valence-corrected chi connectivity index (χ2v) is 5.50. The van der Waals surface area contributed by atoms with Crippen LogP contribution in [0.5, 0.6) is 0 Å². The van der Waals surface area contributed by atoms with Gasteiger partial charge in [0.05, 0.1) is 11.4 Å². The predicted octanol–water partition coefficient (Wildman–Crippen LogP) is -0.886. The fourth-order valence-electron chi connectivity index (χ4n) is 2.09. The molecule has 0 aliphatic heterocycles. The Morgan fingerprint density at radius 2 is 2.00 bits per heavy atom. The highest BCUT2D eigenvalue weighted by atomic mass is 35.5. The second kappa shape index (κ2) is 6.76. The smallest absolute Gasteiger partial charge is 1.00 e. The molecule has 0 radical (unpaired) electrons. The van der Waals surface area contributed by atoms with E-state index in [1.165, 1.54) is 0 Å². The van der Waals surface area contributed by atoms with Gasteiger partial charge in [0.1, 0.15) is 0 Å². The number of aromatic nitrogens is 7. The zero-order valence-corrected chi connectivity index (χ0v) is 13.4. The number of tetrazole rings is 1. The van der Waals surface area contributed by atoms with Crippen LogP contribution >= 0.6 is 11.8 Å². The van der Waals surface area contributed by atoms with Crippen LogP contribution in [-0.2, 0) is 5.75 Å². The van der Waals surface area contributed by atoms with E-state index in [1.54, 1.807) is 22.6 Å². The molecule has 0 saturated heterocycles. The van der Waals surface area contributed by atoms with Gasteiger partial charge in [-0.25, -0.2) is 9.97 Å². The molecule has 0 atom stereocenters. The summed E-state index contributed by atoms with van der Waals surface area (Å²) in [5.41, 5.74) is 1.87. The van der Waals surface area contributed by atoms with E-state index < -0.39 is 0 Å². The lowest BCUT2D eigenvalue weighted by atomic mass is 10.3. The average molecular weight is 346 g/mol. The molecule has 0 bridgehead atoms. The molecule has 23 heavy (non-hydrogen) atoms. The van der Waals surface area contributed by atoms with Crippen molar-refractivity contribution in [1.82, 2.24) is 34.6 Å². The minimum absolute atomic E-state index is 0. The van der Waals surface area contributed by atoms with Crippen LogP contribution in [0.3, 0.4) is 0 Å². The highest BCUT2D eigenvalue weighted by Crippen LogP contribution is 2.21. The largest absolute Gasteiger partial charge is 1.00 e. The summed E-state index contributed by atoms with van der Waals surface area (Å²) < 4.78 is 3.62. The van der Waals surface area contributed by atoms with E-state index >= 15 is 0 Å². The summed E-state index contributed by atoms with van der Waals surface area (Å²) in [4.78, 5) is 8.68. The number of thioether (sulfide) groups is 1. The van der Waals surface area contributed by atoms with Crippen LogP contribution in [0.2, 0.25) is 0 Å². The molecular weight excluding hydrogens is 334 g/mol. The Hall–Kier alpha value is -2.45. The summed E-state index contributed by atoms with van der Waals surface area (Å²) in [6.07, 6.45) is 5.62. The van der Waals surface area contributed by atoms with Gasteiger partial charge in [-0.15, -0.1) is 5.10 Å². The maximum Gasteiger partial charge on any atom is 1.00 e. The normalized spacial score (nSPS) is 10.6. The van der Waals surface area contributed by atoms with Crippen molar-refractivity contribution in [3.05, 3.63) is 60.7 Å². The molecule has 4 rings (SSSR count). The molecule has 116 valence electrons. The molecule has 0 aliphatic rings. The van der Waals surface area contributed by atoms with E-state index in [-0.39, 0.29) is 13.8 Å². The molecule has 0 saturated carbocycles. The van der Waals surface area contributed by atoms with Crippen molar-refractivity contribution in [1.29, 1.82) is 0 Å². The van der Waals surface area contributed by atoms with Crippen LogP contribution in [0.25, 0.3) is 11.5 Å². The summed E-state index contributed by atoms with van der Waals surface area (Å²) in [7, 11) is 0. The van der Waals surface area contributed by atoms with Gasteiger partial charge in [-0.1, -0.05) is 30.0 Å². The third kappa shape index (κ3) is 3.17. The summed E-state index contributed by atoms with van der Waals surface area (Å²) >= 11 is 1.54. The topological polar surface area (TPSA) is 73.8 Å². The van der Waals surface area contributed by atoms with E-state index in [1.807, 2.05) is 53.2 Å². The number of halogens is 1. The first-order chi connectivity index (χ1) is 10.9. The summed E-state index contributed by atoms with van der Waals surface area (Å²) in [5.74, 6) is 1.37. The van der Waals surface area contributed by atoms with Gasteiger partial charge in [-0.2, -0.15) is 4.68 Å². The van der Waals surface area contributed by atoms with Crippen LogP contribution in [-0.4, -0.2) is 34.6 Å². The second-order valence-electron chi connectivity index (χ2n) is 4.56. The predicted molar refractivity (Wildman–Crippen MR) is 82.8 cm³/mol. The average Bonchev–Trinajstić information content (AvgIpc) is 3.20. The minimum atomic E-state index is 0. The molecule has 0 unspecified atom stereocenters. The van der Waals surface area contributed by atoms with Crippen LogP contribution in [0.1, 0.15) is 7.12 Å². The van der Waals surface area contributed by atoms with Gasteiger partial charge < -0.3 is 12.4 Å². The number of imidazole rings is 1. The van der Waals surface area contributed by atoms with Crippen molar-refractivity contribution in [3.8, 4) is 5.69 Å². The van der Waals surface area contributed by atoms with Gasteiger partial charge in [0.15, 0.2) is 0 Å². The van der Waals surface area contributed by atoms with Gasteiger partial charge in [0.25, 0.3) is 0 Å². The van der Waals surface area contributed by atoms with Crippen LogP contribution < -0.4 is 12.4 Å². The first-order valence-electron chi connectivity index (χ1n) is 6.65. The van der Waals surface area contributed by atoms with Crippen molar-refractivity contribution in [2.24, 2.45) is 0 Å². The van der Waals surface area contributed by atoms with E-state index in [2.05, 4.69) is 25.5 Å². The Balaban J connectivity index is 0.00000104. The summed E-state index contributed by atoms with van der Waals surface area (Å²) in [6.45, 7) is 0. The first kappa shape index (κ1) is 15.4. The maximum absolute atomic E-state index is 4.47. The number of benzene rings is 1. The minimum Gasteiger partial charge on any atom is -1.00 e. The Morgan fingerprint density at radius 3 is 2.83 bits per heavy atom. The Morgan fingerprint density at radius 1 is 1.13 bits per heavy atom. The number of hydrogen-bond donors (Lipinski definition) is 0. The lowest BCUT2D eigenvalue weighted by Crippen LogP contribution is -3.00. The molecule has 0 fully saturated rings. The van der Waals surface area contributed by atoms with Crippen molar-refractivity contribution in [3.63, 3.8) is 0 Å². The SMILES string of the molecule is [Cl-].[H+].c1ccc(-n2nnnc2SCc2cn3cccnc3n2)cc1. The van der Waals surface area contributed by atoms with Gasteiger partial charge in [0, 0.05) is 24.3 Å². The number of hydrogen-bond acceptors (Lipinski definition) is 6. The van der Waals surface area contributed by atoms with Crippen molar-refractivity contribution < 1.29 is 13.8 Å². The van der Waals surface area contributed by atoms with Crippen LogP contribution in [0.15, 0.2) is 60.1 Å². The molecule has 0 spiro atoms. The number of rotatable bonds is 4. The highest BCUT2D eigenvalue weighted by molar-refractivity contribution is 7.98. The Kier molecular flexibility index (Phi) is 4.54. The lowest BCUT2D eigenvalue weighted by molar-refractivity contribution is -0.00000473. The van der Waals surface area contributed by atoms with Crippen LogP contribution in [0.4, 0.5) is 0 Å². The fourth-order valence-corrected chi connectivity index (χ4v) is 2.86. The number of para-hydroxylation sites is 1. The van der Waals surface area contributed by atoms with Crippen molar-refractivity contribution >= 4 is 17.5 Å². The van der Waals surface area contributed by atoms with E-state index in [0.717, 1.165) is 16.5 Å². The molecular formula is C14H12ClN7S. The van der Waals surface area contributed by atoms with Gasteiger partial charge in [-0.05, 0) is 28.6 Å². The molecule has 1 aromatic carbocycles. The highest BCUT2D eigenvalue weighted by Gasteiger charge is 2.10. The third-order valence-corrected chi connectivity index (χ3v) is 4.03. The fraction of sp³-hybridized carbons (Fsp3) is 0.0714. The summed E-state index contributed by atoms with van der Waals surface area (Å²) in [6, 6.07) is 11.7. The van der Waals surface area contributed by atoms with E-state index in [0.29, 0.717) is 11.5 Å². The van der Waals surface area contributed by atoms with Crippen LogP contribution in [0, 0.1) is 0 Å². The zero-order chi connectivity index (χ0) is 14.8. The Labute approximate surface area is 143 Å².